The molecule has 130 valence electrons. The molecule has 1 unspecified atom stereocenters. The molecule has 1 atom stereocenters. The number of aliphatic hydroxyl groups excluding tert-OH is 1. The SMILES string of the molecule is COC(=O)c1cc(=O)n2[nH]c(C(CO)Nc3ccc(F)cn3)cc2n1. The van der Waals surface area contributed by atoms with Crippen LogP contribution in [0.25, 0.3) is 5.65 Å². The van der Waals surface area contributed by atoms with Gasteiger partial charge >= 0.3 is 5.97 Å². The molecule has 0 radical (unpaired) electrons. The molecular weight excluding hydrogens is 333 g/mol. The van der Waals surface area contributed by atoms with E-state index in [9.17, 15) is 19.1 Å². The van der Waals surface area contributed by atoms with Gasteiger partial charge in [0.25, 0.3) is 5.56 Å². The third kappa shape index (κ3) is 3.33. The maximum Gasteiger partial charge on any atom is 0.356 e. The highest BCUT2D eigenvalue weighted by Crippen LogP contribution is 2.17. The molecule has 0 saturated heterocycles. The van der Waals surface area contributed by atoms with Gasteiger partial charge in [-0.3, -0.25) is 9.89 Å². The standard InChI is InChI=1S/C15H14FN5O4/c1-25-15(24)10-5-14(23)21-13(19-10)4-9(20-21)11(7-22)18-12-3-2-8(16)6-17-12/h2-6,11,20,22H,7H2,1H3,(H,17,18). The molecule has 3 heterocycles. The summed E-state index contributed by atoms with van der Waals surface area (Å²) in [6.07, 6.45) is 1.04. The number of nitrogens with zero attached hydrogens (tertiary/aromatic N) is 3. The topological polar surface area (TPSA) is 122 Å². The fraction of sp³-hybridized carbons (Fsp3) is 0.200. The van der Waals surface area contributed by atoms with E-state index >= 15 is 0 Å². The number of rotatable bonds is 5. The second-order valence-corrected chi connectivity index (χ2v) is 5.12. The summed E-state index contributed by atoms with van der Waals surface area (Å²) >= 11 is 0. The van der Waals surface area contributed by atoms with Gasteiger partial charge in [0, 0.05) is 12.1 Å². The Kier molecular flexibility index (Phi) is 4.44. The normalized spacial score (nSPS) is 12.1. The Labute approximate surface area is 140 Å². The molecule has 3 aromatic heterocycles. The molecule has 3 rings (SSSR count). The number of nitrogens with one attached hydrogen (secondary N) is 2. The van der Waals surface area contributed by atoms with Gasteiger partial charge < -0.3 is 15.2 Å². The number of hydrogen-bond donors (Lipinski definition) is 3. The van der Waals surface area contributed by atoms with Crippen LogP contribution in [0, 0.1) is 5.82 Å². The average molecular weight is 347 g/mol. The van der Waals surface area contributed by atoms with E-state index < -0.39 is 23.4 Å². The Balaban J connectivity index is 1.96. The van der Waals surface area contributed by atoms with E-state index in [0.29, 0.717) is 11.5 Å². The number of pyridine rings is 1. The summed E-state index contributed by atoms with van der Waals surface area (Å²) in [5.41, 5.74) is -0.00420. The van der Waals surface area contributed by atoms with Crippen LogP contribution in [-0.2, 0) is 4.74 Å². The molecular formula is C15H14FN5O4. The predicted molar refractivity (Wildman–Crippen MR) is 84.8 cm³/mol. The predicted octanol–water partition coefficient (Wildman–Crippen LogP) is 0.489. The number of aromatic nitrogens is 4. The first-order valence-corrected chi connectivity index (χ1v) is 7.22. The summed E-state index contributed by atoms with van der Waals surface area (Å²) in [6, 6.07) is 4.54. The number of ether oxygens (including phenoxy) is 1. The fourth-order valence-electron chi connectivity index (χ4n) is 2.26. The van der Waals surface area contributed by atoms with Crippen molar-refractivity contribution in [2.24, 2.45) is 0 Å². The van der Waals surface area contributed by atoms with Crippen LogP contribution in [0.3, 0.4) is 0 Å². The molecule has 9 nitrogen and oxygen atoms in total. The number of hydrogen-bond acceptors (Lipinski definition) is 7. The van der Waals surface area contributed by atoms with Gasteiger partial charge in [0.1, 0.15) is 11.6 Å². The van der Waals surface area contributed by atoms with Crippen molar-refractivity contribution in [1.82, 2.24) is 19.6 Å². The van der Waals surface area contributed by atoms with Gasteiger partial charge in [-0.2, -0.15) is 0 Å². The van der Waals surface area contributed by atoms with Crippen LogP contribution >= 0.6 is 0 Å². The van der Waals surface area contributed by atoms with E-state index in [1.165, 1.54) is 25.3 Å². The molecule has 0 aliphatic carbocycles. The lowest BCUT2D eigenvalue weighted by molar-refractivity contribution is 0.0594. The molecule has 0 aliphatic heterocycles. The quantitative estimate of drug-likeness (QED) is 0.574. The van der Waals surface area contributed by atoms with Crippen LogP contribution in [0.2, 0.25) is 0 Å². The van der Waals surface area contributed by atoms with Gasteiger partial charge in [0.2, 0.25) is 0 Å². The van der Waals surface area contributed by atoms with Gasteiger partial charge in [-0.1, -0.05) is 0 Å². The monoisotopic (exact) mass is 347 g/mol. The highest BCUT2D eigenvalue weighted by Gasteiger charge is 2.17. The smallest absolute Gasteiger partial charge is 0.356 e. The number of anilines is 1. The molecule has 3 N–H and O–H groups in total. The number of halogens is 1. The first-order chi connectivity index (χ1) is 12.0. The van der Waals surface area contributed by atoms with Gasteiger partial charge in [-0.05, 0) is 12.1 Å². The molecule has 0 bridgehead atoms. The number of aliphatic hydroxyl groups is 1. The second-order valence-electron chi connectivity index (χ2n) is 5.12. The van der Waals surface area contributed by atoms with Crippen molar-refractivity contribution in [1.29, 1.82) is 0 Å². The first-order valence-electron chi connectivity index (χ1n) is 7.22. The Morgan fingerprint density at radius 1 is 1.48 bits per heavy atom. The van der Waals surface area contributed by atoms with E-state index in [-0.39, 0.29) is 17.9 Å². The van der Waals surface area contributed by atoms with Crippen molar-refractivity contribution in [3.8, 4) is 0 Å². The van der Waals surface area contributed by atoms with Crippen molar-refractivity contribution in [2.45, 2.75) is 6.04 Å². The zero-order valence-electron chi connectivity index (χ0n) is 13.1. The highest BCUT2D eigenvalue weighted by atomic mass is 19.1. The van der Waals surface area contributed by atoms with Crippen LogP contribution < -0.4 is 10.9 Å². The Bertz CT molecular complexity index is 966. The number of methoxy groups -OCH3 is 1. The third-order valence-corrected chi connectivity index (χ3v) is 3.47. The summed E-state index contributed by atoms with van der Waals surface area (Å²) in [5.74, 6) is -0.868. The first kappa shape index (κ1) is 16.6. The third-order valence-electron chi connectivity index (χ3n) is 3.47. The fourth-order valence-corrected chi connectivity index (χ4v) is 2.26. The van der Waals surface area contributed by atoms with Gasteiger partial charge in [-0.25, -0.2) is 23.7 Å². The summed E-state index contributed by atoms with van der Waals surface area (Å²) in [4.78, 5) is 31.5. The van der Waals surface area contributed by atoms with Crippen LogP contribution in [0.4, 0.5) is 10.2 Å². The summed E-state index contributed by atoms with van der Waals surface area (Å²) in [5, 5.41) is 15.3. The lowest BCUT2D eigenvalue weighted by Crippen LogP contribution is -2.19. The van der Waals surface area contributed by atoms with E-state index in [1.54, 1.807) is 0 Å². The highest BCUT2D eigenvalue weighted by molar-refractivity contribution is 5.87. The molecule has 0 amide bonds. The number of fused-ring (bicyclic) bond motifs is 1. The van der Waals surface area contributed by atoms with Crippen molar-refractivity contribution >= 4 is 17.4 Å². The van der Waals surface area contributed by atoms with Gasteiger partial charge in [0.05, 0.1) is 31.6 Å². The number of carbonyl (C=O) groups excluding carboxylic acids is 1. The van der Waals surface area contributed by atoms with Crippen LogP contribution in [0.15, 0.2) is 35.3 Å². The largest absolute Gasteiger partial charge is 0.464 e. The van der Waals surface area contributed by atoms with Crippen LogP contribution in [0.5, 0.6) is 0 Å². The summed E-state index contributed by atoms with van der Waals surface area (Å²) in [6.45, 7) is -0.329. The van der Waals surface area contributed by atoms with E-state index in [0.717, 1.165) is 16.8 Å². The molecule has 0 saturated carbocycles. The molecule has 25 heavy (non-hydrogen) atoms. The number of esters is 1. The number of carbonyl (C=O) groups is 1. The Hall–Kier alpha value is -3.27. The lowest BCUT2D eigenvalue weighted by Gasteiger charge is -2.14. The zero-order valence-corrected chi connectivity index (χ0v) is 13.1. The lowest BCUT2D eigenvalue weighted by atomic mass is 10.2. The maximum absolute atomic E-state index is 12.9. The minimum Gasteiger partial charge on any atom is -0.464 e. The average Bonchev–Trinajstić information content (AvgIpc) is 3.05. The van der Waals surface area contributed by atoms with Gasteiger partial charge in [-0.15, -0.1) is 0 Å². The zero-order chi connectivity index (χ0) is 18.0. The maximum atomic E-state index is 12.9. The molecule has 0 spiro atoms. The van der Waals surface area contributed by atoms with Gasteiger partial charge in [0.15, 0.2) is 11.3 Å². The van der Waals surface area contributed by atoms with Crippen molar-refractivity contribution in [3.63, 3.8) is 0 Å². The van der Waals surface area contributed by atoms with E-state index in [2.05, 4.69) is 25.1 Å². The minimum atomic E-state index is -0.727. The molecule has 10 heteroatoms. The van der Waals surface area contributed by atoms with Crippen molar-refractivity contribution < 1.29 is 19.0 Å². The van der Waals surface area contributed by atoms with Crippen molar-refractivity contribution in [3.05, 3.63) is 58.0 Å². The van der Waals surface area contributed by atoms with E-state index in [1.807, 2.05) is 0 Å². The number of H-pyrrole nitrogens is 1. The molecule has 0 aromatic carbocycles. The number of aromatic amines is 1. The molecule has 0 fully saturated rings. The van der Waals surface area contributed by atoms with Crippen molar-refractivity contribution in [2.75, 3.05) is 19.0 Å². The van der Waals surface area contributed by atoms with Crippen LogP contribution in [-0.4, -0.2) is 44.4 Å². The minimum absolute atomic E-state index is 0.119. The summed E-state index contributed by atoms with van der Waals surface area (Å²) < 4.78 is 18.6. The van der Waals surface area contributed by atoms with E-state index in [4.69, 9.17) is 0 Å². The van der Waals surface area contributed by atoms with Crippen LogP contribution in [0.1, 0.15) is 22.2 Å². The summed E-state index contributed by atoms with van der Waals surface area (Å²) in [7, 11) is 1.19. The molecule has 0 aliphatic rings. The Morgan fingerprint density at radius 2 is 2.28 bits per heavy atom. The Morgan fingerprint density at radius 3 is 2.92 bits per heavy atom. The molecule has 3 aromatic rings. The second kappa shape index (κ2) is 6.69.